The molecule has 96 valence electrons. The van der Waals surface area contributed by atoms with Gasteiger partial charge < -0.3 is 15.4 Å². The van der Waals surface area contributed by atoms with Crippen molar-refractivity contribution in [2.75, 3.05) is 27.7 Å². The summed E-state index contributed by atoms with van der Waals surface area (Å²) in [5.74, 6) is 1.26. The van der Waals surface area contributed by atoms with E-state index in [4.69, 9.17) is 10.5 Å². The fourth-order valence-corrected chi connectivity index (χ4v) is 2.69. The van der Waals surface area contributed by atoms with Crippen LogP contribution in [0.25, 0.3) is 0 Å². The van der Waals surface area contributed by atoms with Crippen LogP contribution in [0.5, 0.6) is 5.75 Å². The zero-order chi connectivity index (χ0) is 13.0. The largest absolute Gasteiger partial charge is 0.496 e. The van der Waals surface area contributed by atoms with Crippen molar-refractivity contribution >= 4 is 15.9 Å². The summed E-state index contributed by atoms with van der Waals surface area (Å²) in [4.78, 5) is 2.20. The van der Waals surface area contributed by atoms with Crippen LogP contribution >= 0.6 is 15.9 Å². The number of methoxy groups -OCH3 is 1. The monoisotopic (exact) mass is 300 g/mol. The van der Waals surface area contributed by atoms with Crippen LogP contribution in [0.2, 0.25) is 0 Å². The van der Waals surface area contributed by atoms with E-state index in [2.05, 4.69) is 54.0 Å². The van der Waals surface area contributed by atoms with Gasteiger partial charge in [0.1, 0.15) is 5.75 Å². The standard InChI is InChI=1S/C13H21BrN2O/c1-9(8-15)13(16(2)3)10-5-6-12(17-4)11(14)7-10/h5-7,9,13H,8,15H2,1-4H3. The maximum atomic E-state index is 5.78. The van der Waals surface area contributed by atoms with Crippen molar-refractivity contribution in [2.45, 2.75) is 13.0 Å². The van der Waals surface area contributed by atoms with Crippen LogP contribution < -0.4 is 10.5 Å². The van der Waals surface area contributed by atoms with Crippen molar-refractivity contribution in [3.63, 3.8) is 0 Å². The first kappa shape index (κ1) is 14.5. The van der Waals surface area contributed by atoms with Crippen LogP contribution in [0.1, 0.15) is 18.5 Å². The normalized spacial score (nSPS) is 14.8. The lowest BCUT2D eigenvalue weighted by Crippen LogP contribution is -2.30. The molecule has 0 saturated carbocycles. The SMILES string of the molecule is COc1ccc(C(C(C)CN)N(C)C)cc1Br. The van der Waals surface area contributed by atoms with Crippen molar-refractivity contribution in [1.82, 2.24) is 4.90 Å². The topological polar surface area (TPSA) is 38.5 Å². The zero-order valence-electron chi connectivity index (χ0n) is 10.9. The van der Waals surface area contributed by atoms with Crippen molar-refractivity contribution < 1.29 is 4.74 Å². The molecule has 1 aromatic rings. The van der Waals surface area contributed by atoms with Gasteiger partial charge in [-0.05, 0) is 60.2 Å². The Morgan fingerprint density at radius 1 is 1.41 bits per heavy atom. The number of hydrogen-bond donors (Lipinski definition) is 1. The maximum absolute atomic E-state index is 5.78. The van der Waals surface area contributed by atoms with Crippen molar-refractivity contribution in [2.24, 2.45) is 11.7 Å². The third-order valence-corrected chi connectivity index (χ3v) is 3.60. The molecule has 0 spiro atoms. The van der Waals surface area contributed by atoms with Crippen molar-refractivity contribution in [3.05, 3.63) is 28.2 Å². The van der Waals surface area contributed by atoms with E-state index < -0.39 is 0 Å². The van der Waals surface area contributed by atoms with E-state index in [0.29, 0.717) is 18.5 Å². The van der Waals surface area contributed by atoms with E-state index in [-0.39, 0.29) is 0 Å². The molecule has 2 N–H and O–H groups in total. The third kappa shape index (κ3) is 3.44. The lowest BCUT2D eigenvalue weighted by molar-refractivity contribution is 0.227. The number of nitrogens with zero attached hydrogens (tertiary/aromatic N) is 1. The molecule has 4 heteroatoms. The van der Waals surface area contributed by atoms with E-state index in [1.54, 1.807) is 7.11 Å². The van der Waals surface area contributed by atoms with Crippen LogP contribution in [0.15, 0.2) is 22.7 Å². The number of hydrogen-bond acceptors (Lipinski definition) is 3. The predicted molar refractivity (Wildman–Crippen MR) is 75.3 cm³/mol. The summed E-state index contributed by atoms with van der Waals surface area (Å²) in [6.07, 6.45) is 0. The molecule has 0 amide bonds. The van der Waals surface area contributed by atoms with Gasteiger partial charge in [-0.15, -0.1) is 0 Å². The Kier molecular flexibility index (Phi) is 5.43. The summed E-state index contributed by atoms with van der Waals surface area (Å²) in [5.41, 5.74) is 7.03. The summed E-state index contributed by atoms with van der Waals surface area (Å²) in [6.45, 7) is 2.84. The van der Waals surface area contributed by atoms with Gasteiger partial charge >= 0.3 is 0 Å². The molecule has 0 aromatic heterocycles. The minimum absolute atomic E-state index is 0.321. The van der Waals surface area contributed by atoms with Crippen LogP contribution in [-0.4, -0.2) is 32.6 Å². The molecular weight excluding hydrogens is 280 g/mol. The number of halogens is 1. The van der Waals surface area contributed by atoms with Crippen LogP contribution in [0, 0.1) is 5.92 Å². The van der Waals surface area contributed by atoms with Crippen molar-refractivity contribution in [1.29, 1.82) is 0 Å². The van der Waals surface area contributed by atoms with Gasteiger partial charge in [0.05, 0.1) is 11.6 Å². The Balaban J connectivity index is 3.07. The summed E-state index contributed by atoms with van der Waals surface area (Å²) >= 11 is 3.52. The van der Waals surface area contributed by atoms with E-state index in [9.17, 15) is 0 Å². The Hall–Kier alpha value is -0.580. The van der Waals surface area contributed by atoms with Gasteiger partial charge in [0.15, 0.2) is 0 Å². The highest BCUT2D eigenvalue weighted by Crippen LogP contribution is 2.32. The first-order valence-electron chi connectivity index (χ1n) is 5.71. The third-order valence-electron chi connectivity index (χ3n) is 2.98. The quantitative estimate of drug-likeness (QED) is 0.908. The Bertz CT molecular complexity index is 368. The predicted octanol–water partition coefficient (Wildman–Crippen LogP) is 2.66. The van der Waals surface area contributed by atoms with E-state index in [1.807, 2.05) is 6.07 Å². The maximum Gasteiger partial charge on any atom is 0.133 e. The lowest BCUT2D eigenvalue weighted by Gasteiger charge is -2.30. The second-order valence-corrected chi connectivity index (χ2v) is 5.37. The number of nitrogens with two attached hydrogens (primary N) is 1. The first-order chi connectivity index (χ1) is 8.01. The molecule has 1 aromatic carbocycles. The molecule has 0 fully saturated rings. The number of benzene rings is 1. The van der Waals surface area contributed by atoms with E-state index in [1.165, 1.54) is 5.56 Å². The molecule has 3 nitrogen and oxygen atoms in total. The molecule has 1 rings (SSSR count). The molecule has 0 bridgehead atoms. The van der Waals surface area contributed by atoms with Gasteiger partial charge in [-0.25, -0.2) is 0 Å². The average molecular weight is 301 g/mol. The van der Waals surface area contributed by atoms with Gasteiger partial charge in [0.25, 0.3) is 0 Å². The summed E-state index contributed by atoms with van der Waals surface area (Å²) in [6, 6.07) is 6.51. The molecule has 2 atom stereocenters. The summed E-state index contributed by atoms with van der Waals surface area (Å²) in [7, 11) is 5.83. The second-order valence-electron chi connectivity index (χ2n) is 4.52. The first-order valence-corrected chi connectivity index (χ1v) is 6.50. The van der Waals surface area contributed by atoms with E-state index in [0.717, 1.165) is 10.2 Å². The van der Waals surface area contributed by atoms with Gasteiger partial charge in [0, 0.05) is 6.04 Å². The summed E-state index contributed by atoms with van der Waals surface area (Å²) < 4.78 is 6.22. The summed E-state index contributed by atoms with van der Waals surface area (Å²) in [5, 5.41) is 0. The highest BCUT2D eigenvalue weighted by Gasteiger charge is 2.21. The van der Waals surface area contributed by atoms with Gasteiger partial charge in [-0.1, -0.05) is 13.0 Å². The fourth-order valence-electron chi connectivity index (χ4n) is 2.13. The van der Waals surface area contributed by atoms with Gasteiger partial charge in [-0.3, -0.25) is 0 Å². The minimum atomic E-state index is 0.321. The molecule has 0 saturated heterocycles. The molecule has 0 aliphatic rings. The molecular formula is C13H21BrN2O. The fraction of sp³-hybridized carbons (Fsp3) is 0.538. The van der Waals surface area contributed by atoms with Gasteiger partial charge in [-0.2, -0.15) is 0 Å². The Morgan fingerprint density at radius 2 is 2.06 bits per heavy atom. The molecule has 0 aliphatic heterocycles. The molecule has 0 heterocycles. The van der Waals surface area contributed by atoms with Crippen LogP contribution in [-0.2, 0) is 0 Å². The van der Waals surface area contributed by atoms with Crippen molar-refractivity contribution in [3.8, 4) is 5.75 Å². The Morgan fingerprint density at radius 3 is 2.47 bits per heavy atom. The highest BCUT2D eigenvalue weighted by molar-refractivity contribution is 9.10. The number of ether oxygens (including phenoxy) is 1. The van der Waals surface area contributed by atoms with E-state index >= 15 is 0 Å². The smallest absolute Gasteiger partial charge is 0.133 e. The lowest BCUT2D eigenvalue weighted by atomic mass is 9.93. The average Bonchev–Trinajstić information content (AvgIpc) is 2.28. The minimum Gasteiger partial charge on any atom is -0.496 e. The van der Waals surface area contributed by atoms with Crippen LogP contribution in [0.3, 0.4) is 0 Å². The second kappa shape index (κ2) is 6.38. The number of rotatable bonds is 5. The highest BCUT2D eigenvalue weighted by atomic mass is 79.9. The molecule has 0 radical (unpaired) electrons. The van der Waals surface area contributed by atoms with Crippen LogP contribution in [0.4, 0.5) is 0 Å². The van der Waals surface area contributed by atoms with Gasteiger partial charge in [0.2, 0.25) is 0 Å². The molecule has 0 aliphatic carbocycles. The molecule has 2 unspecified atom stereocenters. The Labute approximate surface area is 112 Å². The zero-order valence-corrected chi connectivity index (χ0v) is 12.5. The molecule has 17 heavy (non-hydrogen) atoms.